The monoisotopic (exact) mass is 559 g/mol. The molecule has 7 nitrogen and oxygen atoms in total. The number of piperidine rings is 1. The van der Waals surface area contributed by atoms with E-state index in [0.29, 0.717) is 11.1 Å². The van der Waals surface area contributed by atoms with Crippen LogP contribution in [-0.2, 0) is 4.79 Å². The van der Waals surface area contributed by atoms with Crippen molar-refractivity contribution in [3.63, 3.8) is 0 Å². The van der Waals surface area contributed by atoms with E-state index in [1.165, 1.54) is 4.90 Å². The molecule has 0 unspecified atom stereocenters. The number of carbonyl (C=O) groups is 2. The molecule has 2 aromatic carbocycles. The van der Waals surface area contributed by atoms with Gasteiger partial charge >= 0.3 is 12.1 Å². The molecule has 0 aliphatic carbocycles. The fourth-order valence-corrected chi connectivity index (χ4v) is 4.06. The zero-order valence-electron chi connectivity index (χ0n) is 20.7. The number of para-hydroxylation sites is 1. The molecule has 208 valence electrons. The maximum Gasteiger partial charge on any atom is 0.490 e. The van der Waals surface area contributed by atoms with Gasteiger partial charge in [-0.25, -0.2) is 18.6 Å². The normalized spacial score (nSPS) is 16.5. The third-order valence-electron chi connectivity index (χ3n) is 6.09. The van der Waals surface area contributed by atoms with Gasteiger partial charge in [0.15, 0.2) is 6.10 Å². The molecule has 1 amide bonds. The Morgan fingerprint density at radius 2 is 1.60 bits per heavy atom. The summed E-state index contributed by atoms with van der Waals surface area (Å²) in [6, 6.07) is 21.6. The minimum absolute atomic E-state index is 0.0540. The molecule has 4 aromatic rings. The van der Waals surface area contributed by atoms with Gasteiger partial charge in [0.25, 0.3) is 11.8 Å². The van der Waals surface area contributed by atoms with Crippen LogP contribution >= 0.6 is 0 Å². The highest BCUT2D eigenvalue weighted by molar-refractivity contribution is 6.01. The Balaban J connectivity index is 0.000000470. The summed E-state index contributed by atoms with van der Waals surface area (Å²) in [6.07, 6.45) is -3.75. The summed E-state index contributed by atoms with van der Waals surface area (Å²) >= 11 is 0. The van der Waals surface area contributed by atoms with Gasteiger partial charge in [0.2, 0.25) is 5.88 Å². The van der Waals surface area contributed by atoms with Crippen LogP contribution in [0.1, 0.15) is 16.8 Å². The van der Waals surface area contributed by atoms with Gasteiger partial charge in [-0.2, -0.15) is 13.2 Å². The van der Waals surface area contributed by atoms with Crippen molar-refractivity contribution in [1.29, 1.82) is 0 Å². The van der Waals surface area contributed by atoms with E-state index in [2.05, 4.69) is 9.97 Å². The van der Waals surface area contributed by atoms with Crippen LogP contribution in [0.2, 0.25) is 0 Å². The molecule has 1 aliphatic heterocycles. The van der Waals surface area contributed by atoms with E-state index in [9.17, 15) is 26.7 Å². The van der Waals surface area contributed by atoms with Crippen LogP contribution in [0.15, 0.2) is 85.2 Å². The van der Waals surface area contributed by atoms with Gasteiger partial charge in [0.1, 0.15) is 0 Å². The van der Waals surface area contributed by atoms with Crippen molar-refractivity contribution < 1.29 is 41.4 Å². The first-order chi connectivity index (χ1) is 19.0. The third kappa shape index (κ3) is 6.68. The van der Waals surface area contributed by atoms with Crippen LogP contribution in [0.3, 0.4) is 0 Å². The molecule has 0 bridgehead atoms. The second-order valence-electron chi connectivity index (χ2n) is 8.80. The molecular weight excluding hydrogens is 537 g/mol. The van der Waals surface area contributed by atoms with Gasteiger partial charge < -0.3 is 14.7 Å². The molecule has 0 saturated carbocycles. The number of hydrogen-bond acceptors (Lipinski definition) is 5. The molecule has 2 aromatic heterocycles. The SMILES string of the molecule is O=C(O)C(F)(F)F.O=C(c1ccccc1-c1ccncc1)N1CCC(F)(F)[C@@H](Oc2ccc3ccccc3n2)C1. The lowest BCUT2D eigenvalue weighted by Crippen LogP contribution is -2.55. The highest BCUT2D eigenvalue weighted by atomic mass is 19.4. The lowest BCUT2D eigenvalue weighted by molar-refractivity contribution is -0.192. The number of amides is 1. The number of benzene rings is 2. The maximum atomic E-state index is 14.8. The maximum absolute atomic E-state index is 14.8. The Morgan fingerprint density at radius 1 is 0.950 bits per heavy atom. The van der Waals surface area contributed by atoms with Gasteiger partial charge in [-0.3, -0.25) is 9.78 Å². The van der Waals surface area contributed by atoms with E-state index in [-0.39, 0.29) is 24.9 Å². The first-order valence-electron chi connectivity index (χ1n) is 11.9. The fourth-order valence-electron chi connectivity index (χ4n) is 4.06. The standard InChI is InChI=1S/C26H21F2N3O2.C2HF3O2/c27-26(28)13-16-31(17-23(26)33-24-10-9-19-5-1-4-8-22(19)30-24)25(32)21-7-3-2-6-20(21)18-11-14-29-15-12-18;3-2(4,5)1(6)7/h1-12,14-15,23H,13,16-17H2;(H,6,7)/t23-;/m0./s1. The zero-order chi connectivity index (χ0) is 28.9. The molecule has 1 aliphatic rings. The third-order valence-corrected chi connectivity index (χ3v) is 6.09. The Kier molecular flexibility index (Phi) is 8.26. The molecule has 1 N–H and O–H groups in total. The second kappa shape index (κ2) is 11.6. The summed E-state index contributed by atoms with van der Waals surface area (Å²) in [6.45, 7) is -0.285. The summed E-state index contributed by atoms with van der Waals surface area (Å²) in [5.41, 5.74) is 2.69. The minimum atomic E-state index is -5.08. The van der Waals surface area contributed by atoms with Crippen LogP contribution in [0.4, 0.5) is 22.0 Å². The molecule has 12 heteroatoms. The Bertz CT molecular complexity index is 1500. The number of hydrogen-bond donors (Lipinski definition) is 1. The predicted molar refractivity (Wildman–Crippen MR) is 135 cm³/mol. The van der Waals surface area contributed by atoms with Crippen molar-refractivity contribution >= 4 is 22.8 Å². The van der Waals surface area contributed by atoms with Crippen molar-refractivity contribution in [2.24, 2.45) is 0 Å². The largest absolute Gasteiger partial charge is 0.490 e. The highest BCUT2D eigenvalue weighted by Crippen LogP contribution is 2.33. The van der Waals surface area contributed by atoms with E-state index in [4.69, 9.17) is 14.6 Å². The topological polar surface area (TPSA) is 92.6 Å². The van der Waals surface area contributed by atoms with Crippen LogP contribution in [-0.4, -0.2) is 63.1 Å². The Morgan fingerprint density at radius 3 is 2.30 bits per heavy atom. The van der Waals surface area contributed by atoms with Crippen molar-refractivity contribution in [1.82, 2.24) is 14.9 Å². The van der Waals surface area contributed by atoms with E-state index in [1.807, 2.05) is 42.5 Å². The summed E-state index contributed by atoms with van der Waals surface area (Å²) in [5, 5.41) is 8.02. The van der Waals surface area contributed by atoms with Crippen LogP contribution < -0.4 is 4.74 Å². The lowest BCUT2D eigenvalue weighted by atomic mass is 9.97. The molecule has 3 heterocycles. The van der Waals surface area contributed by atoms with Gasteiger partial charge in [-0.15, -0.1) is 0 Å². The summed E-state index contributed by atoms with van der Waals surface area (Å²) < 4.78 is 66.9. The number of ether oxygens (including phenoxy) is 1. The second-order valence-corrected chi connectivity index (χ2v) is 8.80. The molecule has 1 atom stereocenters. The summed E-state index contributed by atoms with van der Waals surface area (Å²) in [4.78, 5) is 32.1. The Hall–Kier alpha value is -4.61. The number of alkyl halides is 5. The number of carboxylic acids is 1. The van der Waals surface area contributed by atoms with Gasteiger partial charge in [-0.1, -0.05) is 36.4 Å². The van der Waals surface area contributed by atoms with Gasteiger partial charge in [-0.05, 0) is 41.5 Å². The average molecular weight is 559 g/mol. The highest BCUT2D eigenvalue weighted by Gasteiger charge is 2.47. The lowest BCUT2D eigenvalue weighted by Gasteiger charge is -2.38. The van der Waals surface area contributed by atoms with Crippen molar-refractivity contribution in [2.45, 2.75) is 24.6 Å². The smallest absolute Gasteiger partial charge is 0.475 e. The number of rotatable bonds is 4. The van der Waals surface area contributed by atoms with Crippen LogP contribution in [0, 0.1) is 0 Å². The van der Waals surface area contributed by atoms with Gasteiger partial charge in [0.05, 0.1) is 12.1 Å². The van der Waals surface area contributed by atoms with Crippen molar-refractivity contribution in [3.05, 3.63) is 90.8 Å². The number of likely N-dealkylation sites (tertiary alicyclic amines) is 1. The van der Waals surface area contributed by atoms with E-state index < -0.39 is 30.6 Å². The zero-order valence-corrected chi connectivity index (χ0v) is 20.7. The molecule has 5 rings (SSSR count). The molecule has 0 spiro atoms. The Labute approximate surface area is 224 Å². The van der Waals surface area contributed by atoms with Crippen LogP contribution in [0.5, 0.6) is 5.88 Å². The molecule has 40 heavy (non-hydrogen) atoms. The van der Waals surface area contributed by atoms with E-state index in [1.54, 1.807) is 42.7 Å². The number of carbonyl (C=O) groups excluding carboxylic acids is 1. The molecular formula is C28H22F5N3O4. The number of pyridine rings is 2. The summed E-state index contributed by atoms with van der Waals surface area (Å²) in [7, 11) is 0. The molecule has 1 fully saturated rings. The quantitative estimate of drug-likeness (QED) is 0.315. The number of carboxylic acid groups (broad SMARTS) is 1. The number of aromatic nitrogens is 2. The van der Waals surface area contributed by atoms with Crippen molar-refractivity contribution in [2.75, 3.05) is 13.1 Å². The van der Waals surface area contributed by atoms with Gasteiger partial charge in [0, 0.05) is 42.4 Å². The van der Waals surface area contributed by atoms with E-state index >= 15 is 0 Å². The number of halogens is 5. The molecule has 0 radical (unpaired) electrons. The number of aliphatic carboxylic acids is 1. The first-order valence-corrected chi connectivity index (χ1v) is 11.9. The van der Waals surface area contributed by atoms with Crippen LogP contribution in [0.25, 0.3) is 22.0 Å². The van der Waals surface area contributed by atoms with E-state index in [0.717, 1.165) is 16.5 Å². The number of nitrogens with zero attached hydrogens (tertiary/aromatic N) is 3. The summed E-state index contributed by atoms with van der Waals surface area (Å²) in [5.74, 6) is -6.02. The molecule has 1 saturated heterocycles. The predicted octanol–water partition coefficient (Wildman–Crippen LogP) is 5.86. The average Bonchev–Trinajstić information content (AvgIpc) is 2.94. The first kappa shape index (κ1) is 28.4. The van der Waals surface area contributed by atoms with Crippen molar-refractivity contribution in [3.8, 4) is 17.0 Å². The number of fused-ring (bicyclic) bond motifs is 1. The minimum Gasteiger partial charge on any atom is -0.475 e. The fraction of sp³-hybridized carbons (Fsp3) is 0.214.